The Morgan fingerprint density at radius 3 is 2.26 bits per heavy atom. The van der Waals surface area contributed by atoms with Crippen LogP contribution in [0.15, 0.2) is 78.9 Å². The van der Waals surface area contributed by atoms with E-state index in [0.717, 1.165) is 0 Å². The third-order valence-electron chi connectivity index (χ3n) is 6.12. The molecule has 3 aromatic carbocycles. The van der Waals surface area contributed by atoms with Gasteiger partial charge >= 0.3 is 18.3 Å². The Balaban J connectivity index is 1.19. The van der Waals surface area contributed by atoms with E-state index in [1.807, 2.05) is 35.8 Å². The molecule has 2 atom stereocenters. The summed E-state index contributed by atoms with van der Waals surface area (Å²) < 4.78 is 21.8. The van der Waals surface area contributed by atoms with E-state index in [9.17, 15) is 24.5 Å². The van der Waals surface area contributed by atoms with Gasteiger partial charge in [-0.25, -0.2) is 14.4 Å². The number of benzene rings is 3. The first-order valence-corrected chi connectivity index (χ1v) is 13.4. The van der Waals surface area contributed by atoms with Crippen molar-refractivity contribution in [3.63, 3.8) is 0 Å². The molecule has 0 aromatic heterocycles. The minimum Gasteiger partial charge on any atom is -0.457 e. The highest BCUT2D eigenvalue weighted by atomic mass is 16.7. The molecule has 1 fully saturated rings. The van der Waals surface area contributed by atoms with Crippen molar-refractivity contribution in [3.05, 3.63) is 89.0 Å². The van der Waals surface area contributed by atoms with Crippen LogP contribution in [0.1, 0.15) is 26.2 Å². The lowest BCUT2D eigenvalue weighted by molar-refractivity contribution is -0.384. The first kappa shape index (κ1) is 30.4. The van der Waals surface area contributed by atoms with Crippen LogP contribution < -0.4 is 25.1 Å². The Labute approximate surface area is 246 Å². The van der Waals surface area contributed by atoms with Gasteiger partial charge in [0.2, 0.25) is 0 Å². The Kier molecular flexibility index (Phi) is 10.6. The van der Waals surface area contributed by atoms with E-state index >= 15 is 0 Å². The van der Waals surface area contributed by atoms with Gasteiger partial charge in [0.1, 0.15) is 23.4 Å². The van der Waals surface area contributed by atoms with Gasteiger partial charge in [0.25, 0.3) is 5.69 Å². The van der Waals surface area contributed by atoms with Gasteiger partial charge in [-0.3, -0.25) is 15.4 Å². The van der Waals surface area contributed by atoms with Crippen molar-refractivity contribution in [2.45, 2.75) is 38.5 Å². The fourth-order valence-corrected chi connectivity index (χ4v) is 3.99. The maximum Gasteiger partial charge on any atom is 0.442 e. The maximum atomic E-state index is 12.7. The number of hydrogen-bond acceptors (Lipinski definition) is 10. The summed E-state index contributed by atoms with van der Waals surface area (Å²) in [5.74, 6) is 1.75. The number of nitro groups is 1. The molecule has 0 aliphatic carbocycles. The SMILES string of the molecule is CCC(NC(=O)OC1CCCN(C(=O)Oc2ccc(Oc3ccccc3)cc2)C1)OC(=O)NOc1ccc([N+](=O)[O-])cc1. The number of alkyl carbamates (subject to hydrolysis) is 1. The molecule has 14 heteroatoms. The van der Waals surface area contributed by atoms with Crippen LogP contribution in [-0.2, 0) is 9.47 Å². The third-order valence-corrected chi connectivity index (χ3v) is 6.12. The van der Waals surface area contributed by atoms with Crippen molar-refractivity contribution in [3.8, 4) is 23.0 Å². The summed E-state index contributed by atoms with van der Waals surface area (Å²) in [4.78, 5) is 53.9. The number of amides is 3. The monoisotopic (exact) mass is 594 g/mol. The lowest BCUT2D eigenvalue weighted by Gasteiger charge is -2.31. The smallest absolute Gasteiger partial charge is 0.442 e. The van der Waals surface area contributed by atoms with E-state index in [0.29, 0.717) is 36.6 Å². The third kappa shape index (κ3) is 9.52. The van der Waals surface area contributed by atoms with E-state index in [1.54, 1.807) is 31.2 Å². The Hall–Kier alpha value is -5.53. The Bertz CT molecular complexity index is 1390. The molecule has 1 aliphatic rings. The lowest BCUT2D eigenvalue weighted by atomic mass is 10.1. The number of hydroxylamine groups is 1. The number of piperidine rings is 1. The highest BCUT2D eigenvalue weighted by Gasteiger charge is 2.28. The van der Waals surface area contributed by atoms with E-state index in [4.69, 9.17) is 23.8 Å². The van der Waals surface area contributed by atoms with Gasteiger partial charge in [0, 0.05) is 25.1 Å². The highest BCUT2D eigenvalue weighted by molar-refractivity contribution is 5.71. The number of non-ortho nitro benzene ring substituents is 1. The first-order valence-electron chi connectivity index (χ1n) is 13.4. The van der Waals surface area contributed by atoms with Gasteiger partial charge in [-0.2, -0.15) is 5.48 Å². The van der Waals surface area contributed by atoms with Crippen LogP contribution in [0.4, 0.5) is 20.1 Å². The summed E-state index contributed by atoms with van der Waals surface area (Å²) in [6.45, 7) is 2.24. The molecular formula is C29H30N4O10. The van der Waals surface area contributed by atoms with E-state index in [2.05, 4.69) is 5.32 Å². The molecule has 0 radical (unpaired) electrons. The second-order valence-corrected chi connectivity index (χ2v) is 9.27. The van der Waals surface area contributed by atoms with Crippen LogP contribution in [-0.4, -0.2) is 53.5 Å². The van der Waals surface area contributed by atoms with Crippen molar-refractivity contribution in [2.24, 2.45) is 0 Å². The van der Waals surface area contributed by atoms with Gasteiger partial charge < -0.3 is 28.7 Å². The molecule has 0 bridgehead atoms. The minimum atomic E-state index is -1.04. The summed E-state index contributed by atoms with van der Waals surface area (Å²) in [5, 5.41) is 13.2. The van der Waals surface area contributed by atoms with Gasteiger partial charge in [0.15, 0.2) is 12.0 Å². The lowest BCUT2D eigenvalue weighted by Crippen LogP contribution is -2.47. The summed E-state index contributed by atoms with van der Waals surface area (Å²) in [6.07, 6.45) is -2.70. The van der Waals surface area contributed by atoms with Crippen molar-refractivity contribution in [1.29, 1.82) is 0 Å². The van der Waals surface area contributed by atoms with Crippen molar-refractivity contribution in [1.82, 2.24) is 15.7 Å². The molecule has 1 heterocycles. The molecule has 4 rings (SSSR count). The van der Waals surface area contributed by atoms with E-state index in [-0.39, 0.29) is 24.4 Å². The number of nitrogens with one attached hydrogen (secondary N) is 2. The number of ether oxygens (including phenoxy) is 4. The van der Waals surface area contributed by atoms with Crippen LogP contribution >= 0.6 is 0 Å². The highest BCUT2D eigenvalue weighted by Crippen LogP contribution is 2.24. The molecular weight excluding hydrogens is 564 g/mol. The van der Waals surface area contributed by atoms with Crippen LogP contribution in [0.2, 0.25) is 0 Å². The number of carbonyl (C=O) groups excluding carboxylic acids is 3. The number of nitrogens with zero attached hydrogens (tertiary/aromatic N) is 2. The van der Waals surface area contributed by atoms with Crippen LogP contribution in [0.5, 0.6) is 23.0 Å². The zero-order chi connectivity index (χ0) is 30.6. The first-order chi connectivity index (χ1) is 20.8. The standard InChI is InChI=1S/C29H30N4O10/c1-2-26(42-28(35)31-43-24-12-10-20(11-13-24)33(37)38)30-27(34)40-25-9-6-18-32(19-25)29(36)41-23-16-14-22(15-17-23)39-21-7-4-3-5-8-21/h3-5,7-8,10-17,25-26H,2,6,9,18-19H2,1H3,(H,30,34)(H,31,35). The minimum absolute atomic E-state index is 0.128. The predicted molar refractivity (Wildman–Crippen MR) is 151 cm³/mol. The fourth-order valence-electron chi connectivity index (χ4n) is 3.99. The molecule has 1 saturated heterocycles. The fraction of sp³-hybridized carbons (Fsp3) is 0.276. The average Bonchev–Trinajstić information content (AvgIpc) is 3.01. The van der Waals surface area contributed by atoms with Gasteiger partial charge in [-0.15, -0.1) is 0 Å². The van der Waals surface area contributed by atoms with Gasteiger partial charge in [-0.1, -0.05) is 25.1 Å². The molecule has 43 heavy (non-hydrogen) atoms. The maximum absolute atomic E-state index is 12.7. The van der Waals surface area contributed by atoms with E-state index in [1.165, 1.54) is 29.2 Å². The van der Waals surface area contributed by atoms with Crippen LogP contribution in [0.3, 0.4) is 0 Å². The summed E-state index contributed by atoms with van der Waals surface area (Å²) in [7, 11) is 0. The number of likely N-dealkylation sites (tertiary alicyclic amines) is 1. The molecule has 0 saturated carbocycles. The number of nitro benzene ring substituents is 1. The molecule has 2 unspecified atom stereocenters. The largest absolute Gasteiger partial charge is 0.457 e. The van der Waals surface area contributed by atoms with Crippen molar-refractivity contribution >= 4 is 24.0 Å². The topological polar surface area (TPSA) is 168 Å². The van der Waals surface area contributed by atoms with Gasteiger partial charge in [0.05, 0.1) is 11.5 Å². The number of para-hydroxylation sites is 1. The number of rotatable bonds is 10. The second kappa shape index (κ2) is 14.9. The summed E-state index contributed by atoms with van der Waals surface area (Å²) in [6, 6.07) is 20.9. The Morgan fingerprint density at radius 2 is 1.58 bits per heavy atom. The number of hydrogen-bond donors (Lipinski definition) is 2. The zero-order valence-corrected chi connectivity index (χ0v) is 23.2. The molecule has 14 nitrogen and oxygen atoms in total. The average molecular weight is 595 g/mol. The molecule has 0 spiro atoms. The zero-order valence-electron chi connectivity index (χ0n) is 23.2. The van der Waals surface area contributed by atoms with Crippen molar-refractivity contribution < 1.29 is 43.1 Å². The summed E-state index contributed by atoms with van der Waals surface area (Å²) >= 11 is 0. The predicted octanol–water partition coefficient (Wildman–Crippen LogP) is 5.53. The molecule has 1 aliphatic heterocycles. The van der Waals surface area contributed by atoms with Crippen LogP contribution in [0, 0.1) is 10.1 Å². The van der Waals surface area contributed by atoms with Crippen molar-refractivity contribution in [2.75, 3.05) is 13.1 Å². The molecule has 3 amide bonds. The normalized spacial score (nSPS) is 14.9. The Morgan fingerprint density at radius 1 is 0.930 bits per heavy atom. The quantitative estimate of drug-likeness (QED) is 0.173. The molecule has 226 valence electrons. The second-order valence-electron chi connectivity index (χ2n) is 9.27. The van der Waals surface area contributed by atoms with Gasteiger partial charge in [-0.05, 0) is 61.4 Å². The molecule has 2 N–H and O–H groups in total. The van der Waals surface area contributed by atoms with Crippen LogP contribution in [0.25, 0.3) is 0 Å². The summed E-state index contributed by atoms with van der Waals surface area (Å²) in [5.41, 5.74) is 1.89. The van der Waals surface area contributed by atoms with E-state index < -0.39 is 35.5 Å². The number of carbonyl (C=O) groups is 3. The molecule has 3 aromatic rings.